The molecule has 1 aliphatic heterocycles. The van der Waals surface area contributed by atoms with Crippen molar-refractivity contribution in [2.45, 2.75) is 38.8 Å². The maximum atomic E-state index is 3.14. The van der Waals surface area contributed by atoms with E-state index in [0.717, 1.165) is 12.6 Å². The van der Waals surface area contributed by atoms with Gasteiger partial charge in [-0.05, 0) is 32.9 Å². The Bertz CT molecular complexity index is 279. The average Bonchev–Trinajstić information content (AvgIpc) is 2.36. The van der Waals surface area contributed by atoms with Crippen LogP contribution >= 0.6 is 13.6 Å². The Hall–Kier alpha value is 0.283. The molecule has 84 valence electrons. The molecule has 2 rings (SSSR count). The van der Waals surface area contributed by atoms with Crippen LogP contribution in [-0.4, -0.2) is 17.5 Å². The Morgan fingerprint density at radius 1 is 1.50 bits per heavy atom. The van der Waals surface area contributed by atoms with Crippen LogP contribution in [-0.2, 0) is 22.9 Å². The van der Waals surface area contributed by atoms with E-state index in [-0.39, 0.29) is 0 Å². The van der Waals surface area contributed by atoms with Crippen molar-refractivity contribution in [1.82, 2.24) is 4.90 Å². The quantitative estimate of drug-likeness (QED) is 0.589. The van der Waals surface area contributed by atoms with Gasteiger partial charge in [0.1, 0.15) is 0 Å². The Morgan fingerprint density at radius 2 is 2.31 bits per heavy atom. The first-order chi connectivity index (χ1) is 7.86. The van der Waals surface area contributed by atoms with E-state index in [1.165, 1.54) is 47.7 Å². The maximum absolute atomic E-state index is 3.14. The summed E-state index contributed by atoms with van der Waals surface area (Å²) in [5.41, 5.74) is 1.39. The first kappa shape index (κ1) is 14.3. The first-order valence-corrected chi connectivity index (χ1v) is 12.8. The topological polar surface area (TPSA) is 3.24 Å². The molecule has 1 unspecified atom stereocenters. The molecule has 1 nitrogen and oxygen atoms in total. The van der Waals surface area contributed by atoms with Gasteiger partial charge in [-0.1, -0.05) is 6.42 Å². The SMILES string of the molecule is CC1CCCCN1Cc1c[c-]ccc1.[Zn+][Br]. The summed E-state index contributed by atoms with van der Waals surface area (Å²) in [6.07, 6.45) is 4.12. The fourth-order valence-electron chi connectivity index (χ4n) is 2.16. The number of likely N-dealkylation sites (tertiary alicyclic amines) is 1. The number of rotatable bonds is 2. The predicted octanol–water partition coefficient (Wildman–Crippen LogP) is 3.70. The summed E-state index contributed by atoms with van der Waals surface area (Å²) in [6.45, 7) is 4.69. The number of nitrogens with zero attached hydrogens (tertiary/aromatic N) is 1. The van der Waals surface area contributed by atoms with Gasteiger partial charge in [0, 0.05) is 6.04 Å². The van der Waals surface area contributed by atoms with Gasteiger partial charge in [-0.3, -0.25) is 0 Å². The molecule has 3 heteroatoms. The number of benzene rings is 1. The number of halogens is 1. The molecule has 1 atom stereocenters. The molecule has 1 aromatic carbocycles. The van der Waals surface area contributed by atoms with Gasteiger partial charge in [-0.25, -0.2) is 0 Å². The van der Waals surface area contributed by atoms with Crippen LogP contribution in [0.1, 0.15) is 31.7 Å². The molecule has 1 heterocycles. The summed E-state index contributed by atoms with van der Waals surface area (Å²) in [4.78, 5) is 2.58. The zero-order chi connectivity index (χ0) is 11.8. The minimum absolute atomic E-state index is 0.754. The molecule has 0 radical (unpaired) electrons. The first-order valence-electron chi connectivity index (χ1n) is 5.82. The molecular weight excluding hydrogens is 315 g/mol. The van der Waals surface area contributed by atoms with Crippen molar-refractivity contribution < 1.29 is 16.3 Å². The second kappa shape index (κ2) is 8.39. The van der Waals surface area contributed by atoms with Crippen molar-refractivity contribution in [3.8, 4) is 0 Å². The molecule has 1 aliphatic rings. The van der Waals surface area contributed by atoms with Gasteiger partial charge < -0.3 is 4.90 Å². The van der Waals surface area contributed by atoms with E-state index >= 15 is 0 Å². The van der Waals surface area contributed by atoms with Crippen molar-refractivity contribution in [3.05, 3.63) is 35.9 Å². The molecule has 0 bridgehead atoms. The summed E-state index contributed by atoms with van der Waals surface area (Å²) in [7, 11) is 0. The van der Waals surface area contributed by atoms with Gasteiger partial charge in [-0.15, -0.1) is 5.56 Å². The molecule has 0 aliphatic carbocycles. The second-order valence-corrected chi connectivity index (χ2v) is 4.23. The monoisotopic (exact) mass is 331 g/mol. The van der Waals surface area contributed by atoms with Crippen molar-refractivity contribution in [2.24, 2.45) is 0 Å². The van der Waals surface area contributed by atoms with Crippen LogP contribution in [0.3, 0.4) is 0 Å². The van der Waals surface area contributed by atoms with Gasteiger partial charge in [0.05, 0.1) is 0 Å². The van der Waals surface area contributed by atoms with Crippen LogP contribution in [0.25, 0.3) is 0 Å². The van der Waals surface area contributed by atoms with Crippen molar-refractivity contribution in [1.29, 1.82) is 0 Å². The van der Waals surface area contributed by atoms with Gasteiger partial charge >= 0.3 is 30.0 Å². The molecule has 16 heavy (non-hydrogen) atoms. The number of hydrogen-bond acceptors (Lipinski definition) is 1. The molecule has 1 aromatic rings. The van der Waals surface area contributed by atoms with Gasteiger partial charge in [0.15, 0.2) is 0 Å². The van der Waals surface area contributed by atoms with E-state index in [1.54, 1.807) is 0 Å². The van der Waals surface area contributed by atoms with Crippen LogP contribution in [0, 0.1) is 6.07 Å². The fraction of sp³-hybridized carbons (Fsp3) is 0.538. The average molecular weight is 334 g/mol. The van der Waals surface area contributed by atoms with Crippen LogP contribution in [0.5, 0.6) is 0 Å². The summed E-state index contributed by atoms with van der Waals surface area (Å²) in [5.74, 6) is 0. The third-order valence-corrected chi connectivity index (χ3v) is 3.10. The molecule has 0 N–H and O–H groups in total. The number of piperidine rings is 1. The molecule has 0 saturated carbocycles. The molecule has 0 amide bonds. The van der Waals surface area contributed by atoms with E-state index in [9.17, 15) is 0 Å². The van der Waals surface area contributed by atoms with Crippen LogP contribution in [0.2, 0.25) is 0 Å². The van der Waals surface area contributed by atoms with Gasteiger partial charge in [0.25, 0.3) is 0 Å². The third-order valence-electron chi connectivity index (χ3n) is 3.10. The van der Waals surface area contributed by atoms with Crippen LogP contribution in [0.15, 0.2) is 24.3 Å². The van der Waals surface area contributed by atoms with Gasteiger partial charge in [0.2, 0.25) is 0 Å². The predicted molar refractivity (Wildman–Crippen MR) is 67.9 cm³/mol. The summed E-state index contributed by atoms with van der Waals surface area (Å²) in [6, 6.07) is 12.2. The van der Waals surface area contributed by atoms with Gasteiger partial charge in [-0.2, -0.15) is 30.3 Å². The number of hydrogen-bond donors (Lipinski definition) is 0. The molecule has 1 fully saturated rings. The normalized spacial score (nSPS) is 21.1. The summed E-state index contributed by atoms with van der Waals surface area (Å²) >= 11 is 4.25. The zero-order valence-corrected chi connectivity index (χ0v) is 14.5. The van der Waals surface area contributed by atoms with Crippen LogP contribution < -0.4 is 0 Å². The van der Waals surface area contributed by atoms with Crippen molar-refractivity contribution in [2.75, 3.05) is 6.54 Å². The van der Waals surface area contributed by atoms with E-state index in [1.807, 2.05) is 6.07 Å². The van der Waals surface area contributed by atoms with E-state index in [2.05, 4.69) is 49.7 Å². The third kappa shape index (κ3) is 4.65. The minimum atomic E-state index is 0.754. The summed E-state index contributed by atoms with van der Waals surface area (Å²) < 4.78 is 0. The Kier molecular flexibility index (Phi) is 7.52. The molecule has 0 spiro atoms. The standard InChI is InChI=1S/C13H18N.BrH.Zn/c1-12-7-5-6-10-14(12)11-13-8-3-2-4-9-13;;/h2-3,8-9,12H,5-7,10-11H2,1H3;1H;/q-1;;+2/p-1. The van der Waals surface area contributed by atoms with Crippen LogP contribution in [0.4, 0.5) is 0 Å². The Balaban J connectivity index is 0.000000606. The Labute approximate surface area is 116 Å². The van der Waals surface area contributed by atoms with Crippen molar-refractivity contribution in [3.63, 3.8) is 0 Å². The molecular formula is C13H18BrNZn. The molecule has 1 saturated heterocycles. The van der Waals surface area contributed by atoms with E-state index < -0.39 is 0 Å². The van der Waals surface area contributed by atoms with E-state index in [4.69, 9.17) is 0 Å². The molecule has 0 aromatic heterocycles. The second-order valence-electron chi connectivity index (χ2n) is 4.23. The summed E-state index contributed by atoms with van der Waals surface area (Å²) in [5, 5.41) is 0. The van der Waals surface area contributed by atoms with Crippen molar-refractivity contribution >= 4 is 13.6 Å². The fourth-order valence-corrected chi connectivity index (χ4v) is 2.16. The van der Waals surface area contributed by atoms with E-state index in [0.29, 0.717) is 0 Å². The Morgan fingerprint density at radius 3 is 2.94 bits per heavy atom. The zero-order valence-electron chi connectivity index (χ0n) is 9.95.